The summed E-state index contributed by atoms with van der Waals surface area (Å²) in [4.78, 5) is 20.7. The number of nitrogens with one attached hydrogen (secondary N) is 2. The Morgan fingerprint density at radius 3 is 2.67 bits per heavy atom. The maximum Gasteiger partial charge on any atom is 0.271 e. The Hall–Kier alpha value is -3.41. The van der Waals surface area contributed by atoms with Gasteiger partial charge in [-0.05, 0) is 42.7 Å². The van der Waals surface area contributed by atoms with Crippen LogP contribution in [0.15, 0.2) is 60.9 Å². The first kappa shape index (κ1) is 18.4. The lowest BCUT2D eigenvalue weighted by Gasteiger charge is -2.09. The van der Waals surface area contributed by atoms with E-state index in [9.17, 15) is 4.79 Å². The molecule has 1 aromatic heterocycles. The van der Waals surface area contributed by atoms with Gasteiger partial charge in [0, 0.05) is 12.2 Å². The van der Waals surface area contributed by atoms with Gasteiger partial charge in [0.1, 0.15) is 17.3 Å². The number of aryl methyl sites for hydroxylation is 1. The van der Waals surface area contributed by atoms with Gasteiger partial charge in [-0.15, -0.1) is 0 Å². The molecule has 1 amide bonds. The van der Waals surface area contributed by atoms with E-state index in [2.05, 4.69) is 20.6 Å². The molecular weight excluding hydrogens is 340 g/mol. The van der Waals surface area contributed by atoms with E-state index < -0.39 is 0 Å². The molecule has 0 radical (unpaired) electrons. The van der Waals surface area contributed by atoms with Crippen LogP contribution in [0.4, 0.5) is 11.5 Å². The Labute approximate surface area is 158 Å². The van der Waals surface area contributed by atoms with Crippen LogP contribution in [0.2, 0.25) is 0 Å². The third kappa shape index (κ3) is 5.04. The fraction of sp³-hybridized carbons (Fsp3) is 0.190. The number of aromatic nitrogens is 2. The van der Waals surface area contributed by atoms with Crippen molar-refractivity contribution in [3.05, 3.63) is 77.7 Å². The Morgan fingerprint density at radius 2 is 1.93 bits per heavy atom. The average Bonchev–Trinajstić information content (AvgIpc) is 2.69. The maximum atomic E-state index is 12.2. The van der Waals surface area contributed by atoms with Gasteiger partial charge in [-0.25, -0.2) is 9.97 Å². The summed E-state index contributed by atoms with van der Waals surface area (Å²) in [7, 11) is 1.64. The van der Waals surface area contributed by atoms with Crippen molar-refractivity contribution in [3.63, 3.8) is 0 Å². The maximum absolute atomic E-state index is 12.2. The van der Waals surface area contributed by atoms with E-state index >= 15 is 0 Å². The van der Waals surface area contributed by atoms with Crippen LogP contribution in [0.25, 0.3) is 0 Å². The van der Waals surface area contributed by atoms with Gasteiger partial charge in [0.15, 0.2) is 0 Å². The molecule has 0 aliphatic carbocycles. The third-order valence-corrected chi connectivity index (χ3v) is 4.05. The molecule has 3 rings (SSSR count). The highest BCUT2D eigenvalue weighted by atomic mass is 16.5. The van der Waals surface area contributed by atoms with Crippen LogP contribution in [0, 0.1) is 6.92 Å². The largest absolute Gasteiger partial charge is 0.496 e. The number of rotatable bonds is 7. The smallest absolute Gasteiger partial charge is 0.271 e. The molecule has 6 heteroatoms. The number of benzene rings is 2. The van der Waals surface area contributed by atoms with Gasteiger partial charge in [0.2, 0.25) is 0 Å². The van der Waals surface area contributed by atoms with E-state index in [0.717, 1.165) is 22.6 Å². The minimum Gasteiger partial charge on any atom is -0.496 e. The average molecular weight is 362 g/mol. The molecule has 0 bridgehead atoms. The van der Waals surface area contributed by atoms with Crippen LogP contribution in [0.5, 0.6) is 5.75 Å². The van der Waals surface area contributed by atoms with Gasteiger partial charge < -0.3 is 15.4 Å². The van der Waals surface area contributed by atoms with Crippen LogP contribution in [-0.4, -0.2) is 29.5 Å². The molecule has 27 heavy (non-hydrogen) atoms. The minimum absolute atomic E-state index is 0.250. The molecule has 0 aliphatic heterocycles. The Morgan fingerprint density at radius 1 is 1.07 bits per heavy atom. The fourth-order valence-corrected chi connectivity index (χ4v) is 2.69. The van der Waals surface area contributed by atoms with Gasteiger partial charge >= 0.3 is 0 Å². The van der Waals surface area contributed by atoms with E-state index in [1.165, 1.54) is 6.20 Å². The normalized spacial score (nSPS) is 10.3. The summed E-state index contributed by atoms with van der Waals surface area (Å²) in [6.07, 6.45) is 3.70. The molecule has 2 aromatic carbocycles. The monoisotopic (exact) mass is 362 g/mol. The second kappa shape index (κ2) is 8.80. The first-order valence-corrected chi connectivity index (χ1v) is 8.71. The van der Waals surface area contributed by atoms with Crippen LogP contribution in [0.3, 0.4) is 0 Å². The zero-order valence-electron chi connectivity index (χ0n) is 15.4. The highest BCUT2D eigenvalue weighted by Crippen LogP contribution is 2.17. The van der Waals surface area contributed by atoms with Crippen molar-refractivity contribution in [2.24, 2.45) is 0 Å². The Bertz CT molecular complexity index is 910. The van der Waals surface area contributed by atoms with Crippen LogP contribution in [-0.2, 0) is 6.42 Å². The summed E-state index contributed by atoms with van der Waals surface area (Å²) >= 11 is 0. The number of hydrogen-bond donors (Lipinski definition) is 2. The lowest BCUT2D eigenvalue weighted by Crippen LogP contribution is -2.26. The Kier molecular flexibility index (Phi) is 5.99. The van der Waals surface area contributed by atoms with Gasteiger partial charge in [0.25, 0.3) is 5.91 Å². The highest BCUT2D eigenvalue weighted by molar-refractivity contribution is 5.92. The SMILES string of the molecule is COc1ccccc1CCNC(=O)c1cnc(Nc2cccc(C)c2)cn1. The zero-order valence-corrected chi connectivity index (χ0v) is 15.4. The molecule has 0 unspecified atom stereocenters. The predicted molar refractivity (Wildman–Crippen MR) is 106 cm³/mol. The highest BCUT2D eigenvalue weighted by Gasteiger charge is 2.09. The quantitative estimate of drug-likeness (QED) is 0.673. The van der Waals surface area contributed by atoms with Crippen LogP contribution < -0.4 is 15.4 Å². The molecule has 3 aromatic rings. The van der Waals surface area contributed by atoms with Gasteiger partial charge in [-0.2, -0.15) is 0 Å². The van der Waals surface area contributed by atoms with Crippen molar-refractivity contribution < 1.29 is 9.53 Å². The number of ether oxygens (including phenoxy) is 1. The lowest BCUT2D eigenvalue weighted by atomic mass is 10.1. The van der Waals surface area contributed by atoms with Crippen molar-refractivity contribution in [1.29, 1.82) is 0 Å². The van der Waals surface area contributed by atoms with E-state index in [4.69, 9.17) is 4.74 Å². The number of carbonyl (C=O) groups excluding carboxylic acids is 1. The fourth-order valence-electron chi connectivity index (χ4n) is 2.69. The third-order valence-electron chi connectivity index (χ3n) is 4.05. The molecule has 138 valence electrons. The molecule has 0 fully saturated rings. The molecule has 6 nitrogen and oxygen atoms in total. The van der Waals surface area contributed by atoms with E-state index in [1.807, 2.05) is 55.5 Å². The lowest BCUT2D eigenvalue weighted by molar-refractivity contribution is 0.0948. The molecule has 0 atom stereocenters. The van der Waals surface area contributed by atoms with Crippen molar-refractivity contribution in [2.45, 2.75) is 13.3 Å². The first-order chi connectivity index (χ1) is 13.2. The minimum atomic E-state index is -0.250. The summed E-state index contributed by atoms with van der Waals surface area (Å²) < 4.78 is 5.31. The number of amides is 1. The molecule has 0 saturated carbocycles. The van der Waals surface area contributed by atoms with Crippen molar-refractivity contribution in [2.75, 3.05) is 19.0 Å². The second-order valence-electron chi connectivity index (χ2n) is 6.10. The summed E-state index contributed by atoms with van der Waals surface area (Å²) in [6.45, 7) is 2.51. The van der Waals surface area contributed by atoms with Gasteiger partial charge in [-0.3, -0.25) is 4.79 Å². The molecule has 1 heterocycles. The Balaban J connectivity index is 1.54. The predicted octanol–water partition coefficient (Wildman–Crippen LogP) is 3.51. The summed E-state index contributed by atoms with van der Waals surface area (Å²) in [5.41, 5.74) is 3.41. The number of carbonyl (C=O) groups is 1. The van der Waals surface area contributed by atoms with Crippen LogP contribution in [0.1, 0.15) is 21.6 Å². The number of anilines is 2. The van der Waals surface area contributed by atoms with Crippen molar-refractivity contribution >= 4 is 17.4 Å². The van der Waals surface area contributed by atoms with Crippen LogP contribution >= 0.6 is 0 Å². The van der Waals surface area contributed by atoms with Gasteiger partial charge in [0.05, 0.1) is 19.5 Å². The van der Waals surface area contributed by atoms with E-state index in [-0.39, 0.29) is 11.6 Å². The molecule has 2 N–H and O–H groups in total. The summed E-state index contributed by atoms with van der Waals surface area (Å²) in [5, 5.41) is 6.03. The van der Waals surface area contributed by atoms with Crippen molar-refractivity contribution in [1.82, 2.24) is 15.3 Å². The number of para-hydroxylation sites is 1. The van der Waals surface area contributed by atoms with Gasteiger partial charge in [-0.1, -0.05) is 30.3 Å². The topological polar surface area (TPSA) is 76.1 Å². The molecule has 0 saturated heterocycles. The molecule has 0 spiro atoms. The molecular formula is C21H22N4O2. The standard InChI is InChI=1S/C21H22N4O2/c1-15-6-5-8-17(12-15)25-20-14-23-18(13-24-20)21(26)22-11-10-16-7-3-4-9-19(16)27-2/h3-9,12-14H,10-11H2,1-2H3,(H,22,26)(H,24,25). The zero-order chi connectivity index (χ0) is 19.1. The number of hydrogen-bond acceptors (Lipinski definition) is 5. The number of nitrogens with zero attached hydrogens (tertiary/aromatic N) is 2. The first-order valence-electron chi connectivity index (χ1n) is 8.71. The number of methoxy groups -OCH3 is 1. The molecule has 0 aliphatic rings. The summed E-state index contributed by atoms with van der Waals surface area (Å²) in [5.74, 6) is 1.16. The van der Waals surface area contributed by atoms with Crippen molar-refractivity contribution in [3.8, 4) is 5.75 Å². The van der Waals surface area contributed by atoms with E-state index in [1.54, 1.807) is 13.3 Å². The summed E-state index contributed by atoms with van der Waals surface area (Å²) in [6, 6.07) is 15.7. The van der Waals surface area contributed by atoms with E-state index in [0.29, 0.717) is 18.8 Å². The second-order valence-corrected chi connectivity index (χ2v) is 6.10.